The summed E-state index contributed by atoms with van der Waals surface area (Å²) in [4.78, 5) is 30.7. The summed E-state index contributed by atoms with van der Waals surface area (Å²) in [5.41, 5.74) is 8.76. The van der Waals surface area contributed by atoms with Crippen LogP contribution in [-0.4, -0.2) is 64.7 Å². The van der Waals surface area contributed by atoms with Crippen LogP contribution in [0.3, 0.4) is 0 Å². The Morgan fingerprint density at radius 3 is 2.45 bits per heavy atom. The molecule has 4 heterocycles. The highest BCUT2D eigenvalue weighted by atomic mass is 32.1. The van der Waals surface area contributed by atoms with Crippen LogP contribution in [-0.2, 0) is 16.2 Å². The highest BCUT2D eigenvalue weighted by Crippen LogP contribution is 2.27. The van der Waals surface area contributed by atoms with Crippen LogP contribution in [0.1, 0.15) is 36.8 Å². The zero-order chi connectivity index (χ0) is 21.6. The van der Waals surface area contributed by atoms with Gasteiger partial charge in [0.05, 0.1) is 5.71 Å². The van der Waals surface area contributed by atoms with Crippen molar-refractivity contribution in [2.45, 2.75) is 32.2 Å². The minimum absolute atomic E-state index is 0.124. The van der Waals surface area contributed by atoms with Crippen molar-refractivity contribution in [2.75, 3.05) is 39.0 Å². The summed E-state index contributed by atoms with van der Waals surface area (Å²) in [7, 11) is 1.59. The van der Waals surface area contributed by atoms with E-state index >= 15 is 0 Å². The number of oxime groups is 1. The largest absolute Gasteiger partial charge is 0.399 e. The zero-order valence-electron chi connectivity index (χ0n) is 17.9. The van der Waals surface area contributed by atoms with E-state index in [2.05, 4.69) is 41.7 Å². The lowest BCUT2D eigenvalue weighted by Crippen LogP contribution is -2.46. The first kappa shape index (κ1) is 21.7. The Morgan fingerprint density at radius 2 is 1.84 bits per heavy atom. The molecule has 0 aliphatic carbocycles. The number of aromatic nitrogens is 2. The maximum Gasteiger partial charge on any atom is 0.225 e. The van der Waals surface area contributed by atoms with E-state index < -0.39 is 0 Å². The van der Waals surface area contributed by atoms with Crippen LogP contribution in [0, 0.1) is 11.8 Å². The second-order valence-corrected chi connectivity index (χ2v) is 9.05. The Hall–Kier alpha value is -2.52. The Morgan fingerprint density at radius 1 is 1.16 bits per heavy atom. The number of carbonyl (C=O) groups is 1. The molecule has 2 aliphatic heterocycles. The standard InChI is InChI=1S/C22H30N6O2S/c1-30-26-20(19-6-11-31-15-19)17-4-9-28(10-5-17)21(29)18-2-7-27(8-3-18)14-16-12-24-22(23)25-13-16/h6,11-13,15,17-18H,2-5,7-10,14H2,1H3,(H2,23,24,25)/b26-20-. The molecule has 1 amide bonds. The summed E-state index contributed by atoms with van der Waals surface area (Å²) in [6.45, 7) is 4.22. The van der Waals surface area contributed by atoms with E-state index in [4.69, 9.17) is 10.6 Å². The van der Waals surface area contributed by atoms with Gasteiger partial charge in [-0.2, -0.15) is 11.3 Å². The number of hydrogen-bond acceptors (Lipinski definition) is 8. The van der Waals surface area contributed by atoms with Crippen molar-refractivity contribution in [2.24, 2.45) is 17.0 Å². The third-order valence-corrected chi connectivity index (χ3v) is 6.95. The molecular formula is C22H30N6O2S. The summed E-state index contributed by atoms with van der Waals surface area (Å²) in [6.07, 6.45) is 7.22. The number of amides is 1. The van der Waals surface area contributed by atoms with Crippen molar-refractivity contribution in [1.82, 2.24) is 19.8 Å². The first-order valence-corrected chi connectivity index (χ1v) is 11.8. The second-order valence-electron chi connectivity index (χ2n) is 8.27. The van der Waals surface area contributed by atoms with Crippen molar-refractivity contribution in [3.05, 3.63) is 40.3 Å². The van der Waals surface area contributed by atoms with Crippen molar-refractivity contribution in [1.29, 1.82) is 0 Å². The van der Waals surface area contributed by atoms with Crippen molar-refractivity contribution >= 4 is 28.9 Å². The molecule has 2 fully saturated rings. The van der Waals surface area contributed by atoms with E-state index in [-0.39, 0.29) is 5.92 Å². The van der Waals surface area contributed by atoms with Crippen molar-refractivity contribution < 1.29 is 9.63 Å². The molecule has 0 saturated carbocycles. The van der Waals surface area contributed by atoms with E-state index in [0.717, 1.165) is 75.2 Å². The van der Waals surface area contributed by atoms with Gasteiger partial charge in [-0.1, -0.05) is 5.16 Å². The maximum atomic E-state index is 13.1. The van der Waals surface area contributed by atoms with Gasteiger partial charge in [-0.3, -0.25) is 9.69 Å². The number of carbonyl (C=O) groups excluding carboxylic acids is 1. The molecule has 0 radical (unpaired) electrons. The molecule has 0 unspecified atom stereocenters. The number of likely N-dealkylation sites (tertiary alicyclic amines) is 2. The second kappa shape index (κ2) is 10.2. The molecule has 2 aliphatic rings. The fourth-order valence-electron chi connectivity index (χ4n) is 4.55. The van der Waals surface area contributed by atoms with Gasteiger partial charge in [-0.25, -0.2) is 9.97 Å². The van der Waals surface area contributed by atoms with Crippen LogP contribution in [0.4, 0.5) is 5.95 Å². The van der Waals surface area contributed by atoms with Gasteiger partial charge in [-0.15, -0.1) is 0 Å². The first-order chi connectivity index (χ1) is 15.1. The van der Waals surface area contributed by atoms with Crippen LogP contribution in [0.2, 0.25) is 0 Å². The topological polar surface area (TPSA) is 96.9 Å². The third-order valence-electron chi connectivity index (χ3n) is 6.27. The predicted molar refractivity (Wildman–Crippen MR) is 122 cm³/mol. The number of nitrogens with zero attached hydrogens (tertiary/aromatic N) is 5. The Balaban J connectivity index is 1.25. The molecule has 8 nitrogen and oxygen atoms in total. The van der Waals surface area contributed by atoms with Gasteiger partial charge in [0.1, 0.15) is 7.11 Å². The molecule has 2 aromatic rings. The molecule has 166 valence electrons. The molecule has 2 saturated heterocycles. The van der Waals surface area contributed by atoms with E-state index in [1.165, 1.54) is 0 Å². The fourth-order valence-corrected chi connectivity index (χ4v) is 5.20. The molecule has 31 heavy (non-hydrogen) atoms. The quantitative estimate of drug-likeness (QED) is 0.546. The zero-order valence-corrected chi connectivity index (χ0v) is 18.8. The smallest absolute Gasteiger partial charge is 0.225 e. The van der Waals surface area contributed by atoms with Crippen LogP contribution in [0.25, 0.3) is 0 Å². The minimum atomic E-state index is 0.124. The van der Waals surface area contributed by atoms with Crippen LogP contribution < -0.4 is 5.73 Å². The molecule has 9 heteroatoms. The van der Waals surface area contributed by atoms with E-state index in [0.29, 0.717) is 17.8 Å². The highest BCUT2D eigenvalue weighted by molar-refractivity contribution is 7.08. The molecule has 0 atom stereocenters. The average molecular weight is 443 g/mol. The highest BCUT2D eigenvalue weighted by Gasteiger charge is 2.32. The molecule has 4 rings (SSSR count). The van der Waals surface area contributed by atoms with Crippen molar-refractivity contribution in [3.63, 3.8) is 0 Å². The molecule has 2 N–H and O–H groups in total. The normalized spacial score (nSPS) is 19.5. The third kappa shape index (κ3) is 5.40. The number of nitrogen functional groups attached to an aromatic ring is 1. The minimum Gasteiger partial charge on any atom is -0.399 e. The SMILES string of the molecule is CO/N=C(\c1ccsc1)C1CCN(C(=O)C2CCN(Cc3cnc(N)nc3)CC2)CC1. The summed E-state index contributed by atoms with van der Waals surface area (Å²) in [5, 5.41) is 8.47. The summed E-state index contributed by atoms with van der Waals surface area (Å²) >= 11 is 1.67. The maximum absolute atomic E-state index is 13.1. The lowest BCUT2D eigenvalue weighted by Gasteiger charge is -2.37. The van der Waals surface area contributed by atoms with Crippen LogP contribution in [0.5, 0.6) is 0 Å². The molecule has 0 bridgehead atoms. The molecular weight excluding hydrogens is 412 g/mol. The van der Waals surface area contributed by atoms with Gasteiger partial charge < -0.3 is 15.5 Å². The molecule has 0 spiro atoms. The molecule has 0 aromatic carbocycles. The van der Waals surface area contributed by atoms with Gasteiger partial charge in [0.15, 0.2) is 0 Å². The number of hydrogen-bond donors (Lipinski definition) is 1. The number of piperidine rings is 2. The van der Waals surface area contributed by atoms with Gasteiger partial charge >= 0.3 is 0 Å². The van der Waals surface area contributed by atoms with E-state index in [9.17, 15) is 4.79 Å². The van der Waals surface area contributed by atoms with Crippen LogP contribution in [0.15, 0.2) is 34.4 Å². The van der Waals surface area contributed by atoms with E-state index in [1.807, 2.05) is 0 Å². The number of rotatable bonds is 6. The lowest BCUT2D eigenvalue weighted by atomic mass is 9.87. The van der Waals surface area contributed by atoms with E-state index in [1.54, 1.807) is 30.8 Å². The number of anilines is 1. The Labute approximate surface area is 187 Å². The Bertz CT molecular complexity index is 870. The monoisotopic (exact) mass is 442 g/mol. The molecule has 2 aromatic heterocycles. The summed E-state index contributed by atoms with van der Waals surface area (Å²) in [6, 6.07) is 2.09. The van der Waals surface area contributed by atoms with Gasteiger partial charge in [0, 0.05) is 55.0 Å². The first-order valence-electron chi connectivity index (χ1n) is 10.8. The van der Waals surface area contributed by atoms with Gasteiger partial charge in [-0.05, 0) is 55.6 Å². The van der Waals surface area contributed by atoms with Crippen LogP contribution >= 0.6 is 11.3 Å². The number of nitrogens with two attached hydrogens (primary N) is 1. The number of thiophene rings is 1. The lowest BCUT2D eigenvalue weighted by molar-refractivity contribution is -0.138. The van der Waals surface area contributed by atoms with Gasteiger partial charge in [0.25, 0.3) is 0 Å². The average Bonchev–Trinajstić information content (AvgIpc) is 3.34. The summed E-state index contributed by atoms with van der Waals surface area (Å²) < 4.78 is 0. The van der Waals surface area contributed by atoms with Crippen molar-refractivity contribution in [3.8, 4) is 0 Å². The van der Waals surface area contributed by atoms with Gasteiger partial charge in [0.2, 0.25) is 11.9 Å². The predicted octanol–water partition coefficient (Wildman–Crippen LogP) is 2.62. The fraction of sp³-hybridized carbons (Fsp3) is 0.545. The summed E-state index contributed by atoms with van der Waals surface area (Å²) in [5.74, 6) is 1.07. The Kier molecular flexibility index (Phi) is 7.14.